The summed E-state index contributed by atoms with van der Waals surface area (Å²) in [5, 5.41) is 5.91. The van der Waals surface area contributed by atoms with Crippen molar-refractivity contribution in [1.29, 1.82) is 0 Å². The summed E-state index contributed by atoms with van der Waals surface area (Å²) in [6.45, 7) is 0.816. The molecule has 0 N–H and O–H groups in total. The first-order chi connectivity index (χ1) is 14.5. The van der Waals surface area contributed by atoms with E-state index in [0.29, 0.717) is 13.0 Å². The van der Waals surface area contributed by atoms with Crippen molar-refractivity contribution in [3.63, 3.8) is 0 Å². The van der Waals surface area contributed by atoms with Gasteiger partial charge in [-0.25, -0.2) is 5.01 Å². The molecule has 1 saturated heterocycles. The minimum Gasteiger partial charge on any atom is -0.286 e. The van der Waals surface area contributed by atoms with E-state index in [2.05, 4.69) is 5.10 Å². The number of hydrogen-bond donors (Lipinski definition) is 0. The number of benzene rings is 2. The number of imide groups is 1. The Morgan fingerprint density at radius 2 is 1.73 bits per heavy atom. The van der Waals surface area contributed by atoms with E-state index in [1.54, 1.807) is 11.9 Å². The summed E-state index contributed by atoms with van der Waals surface area (Å²) in [5.41, 5.74) is 2.79. The van der Waals surface area contributed by atoms with Gasteiger partial charge in [0, 0.05) is 6.42 Å². The van der Waals surface area contributed by atoms with Gasteiger partial charge in [-0.1, -0.05) is 60.7 Å². The molecule has 3 amide bonds. The van der Waals surface area contributed by atoms with Crippen LogP contribution in [0.1, 0.15) is 24.0 Å². The van der Waals surface area contributed by atoms with E-state index in [1.807, 2.05) is 60.7 Å². The Morgan fingerprint density at radius 1 is 1.07 bits per heavy atom. The minimum absolute atomic E-state index is 0.0361. The first-order valence-corrected chi connectivity index (χ1v) is 10.0. The smallest absolute Gasteiger partial charge is 0.256 e. The lowest BCUT2D eigenvalue weighted by atomic mass is 10.1. The number of carbonyl (C=O) groups is 3. The van der Waals surface area contributed by atoms with E-state index in [-0.39, 0.29) is 37.2 Å². The Kier molecular flexibility index (Phi) is 5.72. The van der Waals surface area contributed by atoms with E-state index < -0.39 is 6.04 Å². The van der Waals surface area contributed by atoms with Crippen LogP contribution in [0, 0.1) is 0 Å². The lowest BCUT2D eigenvalue weighted by Gasteiger charge is -2.23. The van der Waals surface area contributed by atoms with Crippen LogP contribution in [-0.4, -0.2) is 64.4 Å². The largest absolute Gasteiger partial charge is 0.286 e. The Bertz CT molecular complexity index is 974. The second-order valence-corrected chi connectivity index (χ2v) is 7.62. The predicted molar refractivity (Wildman–Crippen MR) is 112 cm³/mol. The Hall–Kier alpha value is -3.32. The van der Waals surface area contributed by atoms with Gasteiger partial charge >= 0.3 is 0 Å². The van der Waals surface area contributed by atoms with Gasteiger partial charge in [-0.05, 0) is 18.2 Å². The van der Waals surface area contributed by atoms with Crippen molar-refractivity contribution in [3.05, 3.63) is 71.8 Å². The van der Waals surface area contributed by atoms with Crippen LogP contribution in [0.2, 0.25) is 0 Å². The summed E-state index contributed by atoms with van der Waals surface area (Å²) in [7, 11) is 1.71. The molecule has 154 valence electrons. The molecule has 2 aliphatic rings. The highest BCUT2D eigenvalue weighted by Crippen LogP contribution is 2.21. The number of rotatable bonds is 6. The molecule has 0 saturated carbocycles. The van der Waals surface area contributed by atoms with Crippen LogP contribution >= 0.6 is 0 Å². The molecule has 4 rings (SSSR count). The fourth-order valence-corrected chi connectivity index (χ4v) is 3.82. The molecular weight excluding hydrogens is 380 g/mol. The van der Waals surface area contributed by atoms with Crippen molar-refractivity contribution in [3.8, 4) is 0 Å². The van der Waals surface area contributed by atoms with Crippen molar-refractivity contribution in [1.82, 2.24) is 14.8 Å². The summed E-state index contributed by atoms with van der Waals surface area (Å²) in [6, 6.07) is 18.6. The third kappa shape index (κ3) is 4.16. The van der Waals surface area contributed by atoms with E-state index in [0.717, 1.165) is 16.8 Å². The van der Waals surface area contributed by atoms with Crippen LogP contribution in [0.5, 0.6) is 0 Å². The van der Waals surface area contributed by atoms with Crippen LogP contribution < -0.4 is 0 Å². The molecule has 2 heterocycles. The number of nitrogens with zero attached hydrogens (tertiary/aromatic N) is 4. The van der Waals surface area contributed by atoms with Crippen LogP contribution in [-0.2, 0) is 20.9 Å². The maximum atomic E-state index is 12.8. The van der Waals surface area contributed by atoms with Gasteiger partial charge in [0.2, 0.25) is 11.8 Å². The van der Waals surface area contributed by atoms with E-state index in [4.69, 9.17) is 0 Å². The van der Waals surface area contributed by atoms with Crippen LogP contribution in [0.15, 0.2) is 65.8 Å². The Labute approximate surface area is 175 Å². The van der Waals surface area contributed by atoms with Crippen LogP contribution in [0.4, 0.5) is 0 Å². The molecule has 0 spiro atoms. The highest BCUT2D eigenvalue weighted by Gasteiger charge is 2.41. The van der Waals surface area contributed by atoms with Crippen molar-refractivity contribution >= 4 is 23.4 Å². The third-order valence-electron chi connectivity index (χ3n) is 5.52. The molecule has 7 nitrogen and oxygen atoms in total. The van der Waals surface area contributed by atoms with Gasteiger partial charge in [0.05, 0.1) is 37.8 Å². The SMILES string of the molecule is CN(CC(=O)N1CCC(c2ccccc2)=N1)[C@H]1CC(=O)N(Cc2ccccc2)C1=O. The maximum Gasteiger partial charge on any atom is 0.256 e. The fourth-order valence-electron chi connectivity index (χ4n) is 3.82. The molecule has 0 unspecified atom stereocenters. The number of hydrogen-bond acceptors (Lipinski definition) is 5. The van der Waals surface area contributed by atoms with Gasteiger partial charge in [0.25, 0.3) is 5.91 Å². The summed E-state index contributed by atoms with van der Waals surface area (Å²) >= 11 is 0. The molecule has 1 fully saturated rings. The Morgan fingerprint density at radius 3 is 2.43 bits per heavy atom. The standard InChI is InChI=1S/C23H24N4O3/c1-25(16-22(29)27-13-12-19(24-27)18-10-6-3-7-11-18)20-14-21(28)26(23(20)30)15-17-8-4-2-5-9-17/h2-11,20H,12-16H2,1H3/t20-/m0/s1. The van der Waals surface area contributed by atoms with E-state index in [1.165, 1.54) is 9.91 Å². The average Bonchev–Trinajstić information content (AvgIpc) is 3.36. The van der Waals surface area contributed by atoms with Gasteiger partial charge in [-0.2, -0.15) is 5.10 Å². The lowest BCUT2D eigenvalue weighted by molar-refractivity contribution is -0.140. The van der Waals surface area contributed by atoms with Crippen LogP contribution in [0.25, 0.3) is 0 Å². The number of amides is 3. The predicted octanol–water partition coefficient (Wildman–Crippen LogP) is 1.88. The minimum atomic E-state index is -0.620. The van der Waals surface area contributed by atoms with Gasteiger partial charge in [-0.3, -0.25) is 24.2 Å². The molecule has 1 atom stereocenters. The summed E-state index contributed by atoms with van der Waals surface area (Å²) in [6.07, 6.45) is 0.791. The zero-order valence-electron chi connectivity index (χ0n) is 16.9. The van der Waals surface area contributed by atoms with Crippen LogP contribution in [0.3, 0.4) is 0 Å². The summed E-state index contributed by atoms with van der Waals surface area (Å²) in [4.78, 5) is 40.9. The van der Waals surface area contributed by atoms with Gasteiger partial charge < -0.3 is 0 Å². The molecule has 7 heteroatoms. The monoisotopic (exact) mass is 404 g/mol. The van der Waals surface area contributed by atoms with Gasteiger partial charge in [-0.15, -0.1) is 0 Å². The van der Waals surface area contributed by atoms with Crippen molar-refractivity contribution in [2.24, 2.45) is 5.10 Å². The normalized spacial score (nSPS) is 19.0. The number of hydrazone groups is 1. The first-order valence-electron chi connectivity index (χ1n) is 10.0. The zero-order valence-corrected chi connectivity index (χ0v) is 16.9. The van der Waals surface area contributed by atoms with Crippen molar-refractivity contribution < 1.29 is 14.4 Å². The third-order valence-corrected chi connectivity index (χ3v) is 5.52. The molecule has 0 aliphatic carbocycles. The maximum absolute atomic E-state index is 12.8. The molecule has 2 aromatic rings. The second kappa shape index (κ2) is 8.59. The van der Waals surface area contributed by atoms with Crippen molar-refractivity contribution in [2.75, 3.05) is 20.1 Å². The molecular formula is C23H24N4O3. The number of carbonyl (C=O) groups excluding carboxylic acids is 3. The fraction of sp³-hybridized carbons (Fsp3) is 0.304. The number of likely N-dealkylation sites (N-methyl/N-ethyl adjacent to an activating group) is 1. The second-order valence-electron chi connectivity index (χ2n) is 7.62. The quantitative estimate of drug-likeness (QED) is 0.689. The van der Waals surface area contributed by atoms with Gasteiger partial charge in [0.15, 0.2) is 0 Å². The van der Waals surface area contributed by atoms with E-state index >= 15 is 0 Å². The zero-order chi connectivity index (χ0) is 21.1. The molecule has 0 aromatic heterocycles. The topological polar surface area (TPSA) is 73.3 Å². The first kappa shape index (κ1) is 20.0. The molecule has 0 bridgehead atoms. The highest BCUT2D eigenvalue weighted by molar-refractivity contribution is 6.06. The molecule has 2 aliphatic heterocycles. The number of likely N-dealkylation sites (tertiary alicyclic amines) is 1. The van der Waals surface area contributed by atoms with Gasteiger partial charge in [0.1, 0.15) is 0 Å². The highest BCUT2D eigenvalue weighted by atomic mass is 16.2. The Balaban J connectivity index is 1.37. The molecule has 2 aromatic carbocycles. The summed E-state index contributed by atoms with van der Waals surface area (Å²) in [5.74, 6) is -0.641. The van der Waals surface area contributed by atoms with Crippen molar-refractivity contribution in [2.45, 2.75) is 25.4 Å². The molecule has 0 radical (unpaired) electrons. The lowest BCUT2D eigenvalue weighted by Crippen LogP contribution is -2.44. The average molecular weight is 404 g/mol. The summed E-state index contributed by atoms with van der Waals surface area (Å²) < 4.78 is 0. The molecule has 30 heavy (non-hydrogen) atoms. The van der Waals surface area contributed by atoms with E-state index in [9.17, 15) is 14.4 Å².